The van der Waals surface area contributed by atoms with Crippen LogP contribution in [0.4, 0.5) is 0 Å². The van der Waals surface area contributed by atoms with E-state index >= 15 is 0 Å². The van der Waals surface area contributed by atoms with Crippen LogP contribution < -0.4 is 0 Å². The third-order valence-corrected chi connectivity index (χ3v) is 10.6. The van der Waals surface area contributed by atoms with Gasteiger partial charge in [-0.2, -0.15) is 5.26 Å². The van der Waals surface area contributed by atoms with Gasteiger partial charge in [0.15, 0.2) is 0 Å². The molecule has 2 aliphatic rings. The van der Waals surface area contributed by atoms with E-state index in [1.165, 1.54) is 24.8 Å². The molecule has 2 aliphatic carbocycles. The van der Waals surface area contributed by atoms with Crippen molar-refractivity contribution in [1.82, 2.24) is 9.57 Å². The van der Waals surface area contributed by atoms with Crippen molar-refractivity contribution in [2.45, 2.75) is 110 Å². The molecule has 0 radical (unpaired) electrons. The largest absolute Gasteiger partial charge is 0.380 e. The van der Waals surface area contributed by atoms with Gasteiger partial charge in [0, 0.05) is 44.9 Å². The predicted molar refractivity (Wildman–Crippen MR) is 194 cm³/mol. The molecular formula is C38H64N3O4P. The summed E-state index contributed by atoms with van der Waals surface area (Å²) in [5.74, 6) is 0.823. The number of nitrogens with zero attached hydrogens (tertiary/aromatic N) is 3. The minimum absolute atomic E-state index is 0.295. The zero-order chi connectivity index (χ0) is 33.4. The Morgan fingerprint density at radius 3 is 2.13 bits per heavy atom. The van der Waals surface area contributed by atoms with Crippen molar-refractivity contribution in [2.24, 2.45) is 5.92 Å². The Balaban J connectivity index is 1.71. The summed E-state index contributed by atoms with van der Waals surface area (Å²) in [5.41, 5.74) is 3.70. The van der Waals surface area contributed by atoms with Crippen molar-refractivity contribution in [3.8, 4) is 6.07 Å². The molecule has 0 aromatic heterocycles. The van der Waals surface area contributed by atoms with Gasteiger partial charge in [-0.3, -0.25) is 4.90 Å². The number of nitriles is 1. The normalized spacial score (nSPS) is 15.5. The van der Waals surface area contributed by atoms with Crippen molar-refractivity contribution in [3.05, 3.63) is 60.3 Å². The molecule has 0 heterocycles. The first-order valence-corrected chi connectivity index (χ1v) is 18.9. The van der Waals surface area contributed by atoms with Crippen molar-refractivity contribution in [1.29, 1.82) is 5.26 Å². The van der Waals surface area contributed by atoms with Gasteiger partial charge in [-0.15, -0.1) is 0 Å². The number of rotatable bonds is 29. The third-order valence-electron chi connectivity index (χ3n) is 8.46. The van der Waals surface area contributed by atoms with Gasteiger partial charge in [0.2, 0.25) is 0 Å². The number of allylic oxidation sites excluding steroid dienone is 7. The van der Waals surface area contributed by atoms with Crippen LogP contribution in [0.15, 0.2) is 60.3 Å². The molecule has 0 saturated carbocycles. The summed E-state index contributed by atoms with van der Waals surface area (Å²) in [5, 5.41) is 8.94. The van der Waals surface area contributed by atoms with Gasteiger partial charge in [0.1, 0.15) is 0 Å². The monoisotopic (exact) mass is 657 g/mol. The Kier molecular flexibility index (Phi) is 22.4. The predicted octanol–water partition coefficient (Wildman–Crippen LogP) is 9.31. The first-order chi connectivity index (χ1) is 22.3. The SMILES string of the molecule is C=C(CCCOP(OCCC#N)N(C(C)C)C(C)C)C(=C)CCN(CCOCCCC1=CC=CC1)CCOCCCC1CC=CC1. The minimum atomic E-state index is -1.21. The lowest BCUT2D eigenvalue weighted by Crippen LogP contribution is -2.33. The van der Waals surface area contributed by atoms with E-state index in [0.29, 0.717) is 31.7 Å². The molecule has 0 fully saturated rings. The second-order valence-corrected chi connectivity index (χ2v) is 14.5. The van der Waals surface area contributed by atoms with Gasteiger partial charge in [0.05, 0.1) is 38.9 Å². The van der Waals surface area contributed by atoms with Crippen molar-refractivity contribution in [2.75, 3.05) is 59.3 Å². The maximum atomic E-state index is 8.94. The summed E-state index contributed by atoms with van der Waals surface area (Å²) in [6, 6.07) is 2.75. The third kappa shape index (κ3) is 18.1. The van der Waals surface area contributed by atoms with E-state index in [4.69, 9.17) is 23.8 Å². The lowest BCUT2D eigenvalue weighted by molar-refractivity contribution is 0.0723. The maximum Gasteiger partial charge on any atom is 0.259 e. The second kappa shape index (κ2) is 25.4. The van der Waals surface area contributed by atoms with Crippen molar-refractivity contribution >= 4 is 8.53 Å². The smallest absolute Gasteiger partial charge is 0.259 e. The summed E-state index contributed by atoms with van der Waals surface area (Å²) < 4.78 is 26.6. The molecule has 1 unspecified atom stereocenters. The minimum Gasteiger partial charge on any atom is -0.380 e. The molecule has 260 valence electrons. The van der Waals surface area contributed by atoms with Crippen LogP contribution in [0.1, 0.15) is 98.3 Å². The van der Waals surface area contributed by atoms with Gasteiger partial charge in [-0.25, -0.2) is 4.67 Å². The number of ether oxygens (including phenoxy) is 2. The summed E-state index contributed by atoms with van der Waals surface area (Å²) in [6.07, 6.45) is 22.3. The quantitative estimate of drug-likeness (QED) is 0.0344. The summed E-state index contributed by atoms with van der Waals surface area (Å²) in [7, 11) is -1.21. The van der Waals surface area contributed by atoms with Gasteiger partial charge >= 0.3 is 0 Å². The molecule has 46 heavy (non-hydrogen) atoms. The van der Waals surface area contributed by atoms with E-state index in [1.807, 2.05) is 0 Å². The van der Waals surface area contributed by atoms with Crippen LogP contribution in [-0.2, 0) is 18.5 Å². The fourth-order valence-corrected chi connectivity index (χ4v) is 7.40. The Labute approximate surface area is 283 Å². The van der Waals surface area contributed by atoms with Crippen molar-refractivity contribution in [3.63, 3.8) is 0 Å². The van der Waals surface area contributed by atoms with Crippen LogP contribution in [0.3, 0.4) is 0 Å². The first kappa shape index (κ1) is 40.6. The topological polar surface area (TPSA) is 67.2 Å². The molecule has 2 rings (SSSR count). The number of hydrogen-bond acceptors (Lipinski definition) is 7. The van der Waals surface area contributed by atoms with E-state index in [1.54, 1.807) is 0 Å². The van der Waals surface area contributed by atoms with E-state index in [2.05, 4.69) is 86.9 Å². The lowest BCUT2D eigenvalue weighted by atomic mass is 10.0. The van der Waals surface area contributed by atoms with E-state index in [9.17, 15) is 0 Å². The van der Waals surface area contributed by atoms with Crippen LogP contribution in [-0.4, -0.2) is 80.9 Å². The van der Waals surface area contributed by atoms with Gasteiger partial charge in [0.25, 0.3) is 8.53 Å². The summed E-state index contributed by atoms with van der Waals surface area (Å²) in [6.45, 7) is 24.2. The molecule has 0 aromatic carbocycles. The fourth-order valence-electron chi connectivity index (χ4n) is 5.78. The van der Waals surface area contributed by atoms with Crippen LogP contribution >= 0.6 is 8.53 Å². The molecule has 0 bridgehead atoms. The zero-order valence-electron chi connectivity index (χ0n) is 29.6. The molecule has 0 aliphatic heterocycles. The molecule has 0 saturated heterocycles. The molecule has 1 atom stereocenters. The molecule has 0 amide bonds. The average molecular weight is 658 g/mol. The Bertz CT molecular complexity index is 971. The lowest BCUT2D eigenvalue weighted by Gasteiger charge is -2.35. The highest BCUT2D eigenvalue weighted by molar-refractivity contribution is 7.44. The highest BCUT2D eigenvalue weighted by atomic mass is 31.2. The number of hydrogen-bond donors (Lipinski definition) is 0. The van der Waals surface area contributed by atoms with E-state index in [0.717, 1.165) is 108 Å². The Morgan fingerprint density at radius 1 is 0.848 bits per heavy atom. The van der Waals surface area contributed by atoms with Gasteiger partial charge < -0.3 is 18.5 Å². The first-order valence-electron chi connectivity index (χ1n) is 17.8. The summed E-state index contributed by atoms with van der Waals surface area (Å²) in [4.78, 5) is 2.45. The molecule has 0 aromatic rings. The second-order valence-electron chi connectivity index (χ2n) is 13.0. The van der Waals surface area contributed by atoms with E-state index in [-0.39, 0.29) is 0 Å². The molecule has 7 nitrogen and oxygen atoms in total. The molecular weight excluding hydrogens is 593 g/mol. The average Bonchev–Trinajstić information content (AvgIpc) is 3.75. The highest BCUT2D eigenvalue weighted by Gasteiger charge is 2.27. The molecule has 8 heteroatoms. The molecule has 0 N–H and O–H groups in total. The Hall–Kier alpha value is -1.62. The van der Waals surface area contributed by atoms with Gasteiger partial charge in [-0.05, 0) is 97.8 Å². The van der Waals surface area contributed by atoms with Crippen LogP contribution in [0, 0.1) is 17.2 Å². The van der Waals surface area contributed by atoms with Crippen LogP contribution in [0.5, 0.6) is 0 Å². The molecule has 0 spiro atoms. The highest BCUT2D eigenvalue weighted by Crippen LogP contribution is 2.46. The van der Waals surface area contributed by atoms with Crippen molar-refractivity contribution < 1.29 is 18.5 Å². The van der Waals surface area contributed by atoms with Crippen LogP contribution in [0.25, 0.3) is 0 Å². The van der Waals surface area contributed by atoms with Crippen LogP contribution in [0.2, 0.25) is 0 Å². The fraction of sp³-hybridized carbons (Fsp3) is 0.711. The Morgan fingerprint density at radius 2 is 1.50 bits per heavy atom. The van der Waals surface area contributed by atoms with E-state index < -0.39 is 8.53 Å². The standard InChI is InChI=1S/C38H64N3O4P/c1-33(2)41(34(3)4)46(45-30-14-23-39)44-29-11-15-35(5)36(6)22-24-40(25-31-42-27-12-20-37-16-7-8-17-37)26-32-43-28-13-21-38-18-9-10-19-38/h7-10,16,33-34,38H,5-6,11-15,17-22,24-32H2,1-4H3. The maximum absolute atomic E-state index is 8.94. The van der Waals surface area contributed by atoms with Gasteiger partial charge in [-0.1, -0.05) is 60.3 Å². The summed E-state index contributed by atoms with van der Waals surface area (Å²) >= 11 is 0. The zero-order valence-corrected chi connectivity index (χ0v) is 30.5.